The largest absolute Gasteiger partial charge is 0.478 e. The van der Waals surface area contributed by atoms with Crippen LogP contribution in [0.2, 0.25) is 0 Å². The van der Waals surface area contributed by atoms with Crippen LogP contribution in [0.25, 0.3) is 0 Å². The summed E-state index contributed by atoms with van der Waals surface area (Å²) >= 11 is 0. The maximum absolute atomic E-state index is 10.4. The van der Waals surface area contributed by atoms with Crippen molar-refractivity contribution in [1.29, 1.82) is 0 Å². The molecule has 1 aliphatic carbocycles. The number of hydrogen-bond donors (Lipinski definition) is 3. The lowest BCUT2D eigenvalue weighted by molar-refractivity contribution is -0.131. The van der Waals surface area contributed by atoms with Crippen molar-refractivity contribution in [3.05, 3.63) is 11.6 Å². The summed E-state index contributed by atoms with van der Waals surface area (Å²) in [5, 5.41) is 22.0. The highest BCUT2D eigenvalue weighted by Gasteiger charge is 2.31. The molecule has 98 valence electrons. The van der Waals surface area contributed by atoms with E-state index in [1.54, 1.807) is 6.92 Å². The zero-order valence-corrected chi connectivity index (χ0v) is 10.7. The first-order valence-electron chi connectivity index (χ1n) is 6.24. The fourth-order valence-corrected chi connectivity index (χ4v) is 2.55. The van der Waals surface area contributed by atoms with Crippen molar-refractivity contribution in [3.8, 4) is 0 Å². The number of nitrogens with one attached hydrogen (secondary N) is 1. The van der Waals surface area contributed by atoms with Gasteiger partial charge in [0.1, 0.15) is 0 Å². The third kappa shape index (κ3) is 5.33. The van der Waals surface area contributed by atoms with Gasteiger partial charge in [0.05, 0.1) is 5.60 Å². The zero-order valence-electron chi connectivity index (χ0n) is 10.7. The van der Waals surface area contributed by atoms with E-state index in [4.69, 9.17) is 5.11 Å². The molecule has 1 fully saturated rings. The van der Waals surface area contributed by atoms with E-state index in [0.717, 1.165) is 24.8 Å². The summed E-state index contributed by atoms with van der Waals surface area (Å²) in [4.78, 5) is 10.4. The summed E-state index contributed by atoms with van der Waals surface area (Å²) in [6.07, 6.45) is 5.14. The minimum atomic E-state index is -0.922. The molecule has 0 heterocycles. The molecule has 1 aliphatic rings. The quantitative estimate of drug-likeness (QED) is 0.639. The van der Waals surface area contributed by atoms with Gasteiger partial charge in [0.15, 0.2) is 0 Å². The number of carbonyl (C=O) groups is 1. The highest BCUT2D eigenvalue weighted by atomic mass is 16.4. The molecule has 17 heavy (non-hydrogen) atoms. The van der Waals surface area contributed by atoms with Crippen LogP contribution in [-0.2, 0) is 4.79 Å². The third-order valence-electron chi connectivity index (χ3n) is 3.30. The SMILES string of the molecule is CC(=CC(=O)O)CNCC1(O)CCCC(C)C1. The Kier molecular flexibility index (Phi) is 5.15. The summed E-state index contributed by atoms with van der Waals surface area (Å²) < 4.78 is 0. The molecular formula is C13H23NO3. The van der Waals surface area contributed by atoms with Gasteiger partial charge in [0.2, 0.25) is 0 Å². The van der Waals surface area contributed by atoms with Gasteiger partial charge in [-0.05, 0) is 25.7 Å². The highest BCUT2D eigenvalue weighted by molar-refractivity contribution is 5.80. The van der Waals surface area contributed by atoms with Crippen LogP contribution in [-0.4, -0.2) is 34.9 Å². The minimum Gasteiger partial charge on any atom is -0.478 e. The first kappa shape index (κ1) is 14.2. The van der Waals surface area contributed by atoms with E-state index in [1.807, 2.05) is 0 Å². The van der Waals surface area contributed by atoms with E-state index in [-0.39, 0.29) is 0 Å². The summed E-state index contributed by atoms with van der Waals surface area (Å²) in [7, 11) is 0. The second kappa shape index (κ2) is 6.17. The number of hydrogen-bond acceptors (Lipinski definition) is 3. The Balaban J connectivity index is 2.32. The summed E-state index contributed by atoms with van der Waals surface area (Å²) in [6.45, 7) is 5.00. The average Bonchev–Trinajstić information content (AvgIpc) is 2.15. The number of rotatable bonds is 5. The van der Waals surface area contributed by atoms with E-state index in [2.05, 4.69) is 12.2 Å². The number of carboxylic acids is 1. The molecule has 0 amide bonds. The van der Waals surface area contributed by atoms with E-state index in [0.29, 0.717) is 19.0 Å². The van der Waals surface area contributed by atoms with Gasteiger partial charge in [-0.3, -0.25) is 0 Å². The van der Waals surface area contributed by atoms with Gasteiger partial charge in [-0.25, -0.2) is 4.79 Å². The van der Waals surface area contributed by atoms with Crippen molar-refractivity contribution >= 4 is 5.97 Å². The first-order valence-corrected chi connectivity index (χ1v) is 6.24. The molecule has 0 saturated heterocycles. The van der Waals surface area contributed by atoms with Crippen molar-refractivity contribution in [2.75, 3.05) is 13.1 Å². The lowest BCUT2D eigenvalue weighted by Gasteiger charge is -2.35. The molecule has 0 aliphatic heterocycles. The summed E-state index contributed by atoms with van der Waals surface area (Å²) in [6, 6.07) is 0. The van der Waals surface area contributed by atoms with Crippen molar-refractivity contribution in [2.45, 2.75) is 45.1 Å². The van der Waals surface area contributed by atoms with Gasteiger partial charge in [-0.15, -0.1) is 0 Å². The van der Waals surface area contributed by atoms with Gasteiger partial charge >= 0.3 is 5.97 Å². The molecule has 3 N–H and O–H groups in total. The lowest BCUT2D eigenvalue weighted by Crippen LogP contribution is -2.44. The van der Waals surface area contributed by atoms with Gasteiger partial charge < -0.3 is 15.5 Å². The number of aliphatic carboxylic acids is 1. The molecule has 0 aromatic rings. The van der Waals surface area contributed by atoms with E-state index in [9.17, 15) is 9.90 Å². The standard InChI is InChI=1S/C13H23NO3/c1-10-4-3-5-13(17,7-10)9-14-8-11(2)6-12(15)16/h6,10,14,17H,3-5,7-9H2,1-2H3,(H,15,16). The fourth-order valence-electron chi connectivity index (χ4n) is 2.55. The molecule has 2 atom stereocenters. The van der Waals surface area contributed by atoms with Crippen LogP contribution in [0.15, 0.2) is 11.6 Å². The molecule has 4 heteroatoms. The zero-order chi connectivity index (χ0) is 12.9. The van der Waals surface area contributed by atoms with Crippen molar-refractivity contribution in [2.24, 2.45) is 5.92 Å². The van der Waals surface area contributed by atoms with Crippen molar-refractivity contribution < 1.29 is 15.0 Å². The van der Waals surface area contributed by atoms with Gasteiger partial charge in [-0.2, -0.15) is 0 Å². The van der Waals surface area contributed by atoms with E-state index >= 15 is 0 Å². The van der Waals surface area contributed by atoms with Gasteiger partial charge in [0.25, 0.3) is 0 Å². The highest BCUT2D eigenvalue weighted by Crippen LogP contribution is 2.31. The fraction of sp³-hybridized carbons (Fsp3) is 0.769. The summed E-state index contributed by atoms with van der Waals surface area (Å²) in [5.41, 5.74) is 0.159. The van der Waals surface area contributed by atoms with E-state index in [1.165, 1.54) is 12.5 Å². The second-order valence-electron chi connectivity index (χ2n) is 5.36. The minimum absolute atomic E-state index is 0.517. The topological polar surface area (TPSA) is 69.6 Å². The van der Waals surface area contributed by atoms with Crippen LogP contribution in [0, 0.1) is 5.92 Å². The molecule has 0 spiro atoms. The molecule has 0 aromatic heterocycles. The maximum Gasteiger partial charge on any atom is 0.328 e. The van der Waals surface area contributed by atoms with Crippen molar-refractivity contribution in [1.82, 2.24) is 5.32 Å². The summed E-state index contributed by atoms with van der Waals surface area (Å²) in [5.74, 6) is -0.347. The Labute approximate surface area is 103 Å². The Morgan fingerprint density at radius 2 is 2.29 bits per heavy atom. The monoisotopic (exact) mass is 241 g/mol. The molecule has 0 bridgehead atoms. The Bertz CT molecular complexity index is 301. The third-order valence-corrected chi connectivity index (χ3v) is 3.30. The first-order chi connectivity index (χ1) is 7.91. The van der Waals surface area contributed by atoms with E-state index < -0.39 is 11.6 Å². The predicted octanol–water partition coefficient (Wildman–Crippen LogP) is 1.55. The van der Waals surface area contributed by atoms with Crippen LogP contribution in [0.1, 0.15) is 39.5 Å². The van der Waals surface area contributed by atoms with Crippen LogP contribution >= 0.6 is 0 Å². The molecule has 1 saturated carbocycles. The van der Waals surface area contributed by atoms with Crippen LogP contribution in [0.3, 0.4) is 0 Å². The lowest BCUT2D eigenvalue weighted by atomic mass is 9.79. The predicted molar refractivity (Wildman–Crippen MR) is 66.8 cm³/mol. The molecule has 1 rings (SSSR count). The van der Waals surface area contributed by atoms with Gasteiger partial charge in [0, 0.05) is 19.2 Å². The Morgan fingerprint density at radius 3 is 2.88 bits per heavy atom. The van der Waals surface area contributed by atoms with Crippen molar-refractivity contribution in [3.63, 3.8) is 0 Å². The molecule has 4 nitrogen and oxygen atoms in total. The Hall–Kier alpha value is -0.870. The van der Waals surface area contributed by atoms with Gasteiger partial charge in [-0.1, -0.05) is 25.3 Å². The molecule has 0 aromatic carbocycles. The second-order valence-corrected chi connectivity index (χ2v) is 5.36. The normalized spacial score (nSPS) is 30.3. The average molecular weight is 241 g/mol. The van der Waals surface area contributed by atoms with Crippen LogP contribution in [0.4, 0.5) is 0 Å². The van der Waals surface area contributed by atoms with Crippen LogP contribution < -0.4 is 5.32 Å². The number of aliphatic hydroxyl groups is 1. The molecular weight excluding hydrogens is 218 g/mol. The molecule has 2 unspecified atom stereocenters. The smallest absolute Gasteiger partial charge is 0.328 e. The van der Waals surface area contributed by atoms with Crippen LogP contribution in [0.5, 0.6) is 0 Å². The maximum atomic E-state index is 10.4. The molecule has 0 radical (unpaired) electrons. The number of carboxylic acid groups (broad SMARTS) is 1. The Morgan fingerprint density at radius 1 is 1.59 bits per heavy atom.